The minimum absolute atomic E-state index is 0.159. The molecule has 0 spiro atoms. The number of nitrogens with one attached hydrogen (secondary N) is 1. The Labute approximate surface area is 322 Å². The first-order valence-corrected chi connectivity index (χ1v) is 19.5. The normalized spacial score (nSPS) is 11.7. The summed E-state index contributed by atoms with van der Waals surface area (Å²) in [6.07, 6.45) is 7.48. The Bertz CT molecular complexity index is 2650. The number of halogens is 1. The highest BCUT2D eigenvalue weighted by molar-refractivity contribution is 7.99. The number of fused-ring (bicyclic) bond motifs is 4. The van der Waals surface area contributed by atoms with Crippen molar-refractivity contribution < 1.29 is 4.74 Å². The molecule has 18 heteroatoms. The first-order chi connectivity index (χ1) is 26.4. The fourth-order valence-corrected chi connectivity index (χ4v) is 8.24. The zero-order valence-corrected chi connectivity index (χ0v) is 31.9. The highest BCUT2D eigenvalue weighted by atomic mass is 35.5. The quantitative estimate of drug-likeness (QED) is 0.0813. The predicted octanol–water partition coefficient (Wildman–Crippen LogP) is 4.98. The lowest BCUT2D eigenvalue weighted by molar-refractivity contribution is 0.414. The lowest BCUT2D eigenvalue weighted by Crippen LogP contribution is -2.24. The fourth-order valence-electron chi connectivity index (χ4n) is 6.24. The third-order valence-corrected chi connectivity index (χ3v) is 11.1. The average Bonchev–Trinajstić information content (AvgIpc) is 3.97. The van der Waals surface area contributed by atoms with Gasteiger partial charge < -0.3 is 20.4 Å². The van der Waals surface area contributed by atoms with Gasteiger partial charge in [0, 0.05) is 42.5 Å². The van der Waals surface area contributed by atoms with Gasteiger partial charge >= 0.3 is 0 Å². The van der Waals surface area contributed by atoms with Crippen molar-refractivity contribution in [3.05, 3.63) is 104 Å². The Hall–Kier alpha value is -5.36. The number of nitrogens with two attached hydrogens (primary N) is 1. The molecule has 0 atom stereocenters. The minimum Gasteiger partial charge on any atom is -0.497 e. The number of benzene rings is 2. The van der Waals surface area contributed by atoms with Gasteiger partial charge in [0.15, 0.2) is 27.8 Å². The number of aryl methyl sites for hydroxylation is 2. The lowest BCUT2D eigenvalue weighted by Gasteiger charge is -2.08. The second kappa shape index (κ2) is 15.5. The standard InChI is InChI=1S/C36H36ClN13O2S2/c1-47-30-27(17-41-50(35(30)51)20-23-5-3-7-26(15-23)52-2)31-34(47)42-28(54-31)21-48-18-24(16-40-48)6-4-14-53-36-43-32(39-13-12-38)29-33(44-36)49(46-45-29)19-22-8-10-25(37)11-9-22/h3,5,7-11,15-18H,4,6,12-14,19-21,38H2,1-2H3,(H,39,43,44). The molecule has 8 rings (SSSR count). The molecule has 0 radical (unpaired) electrons. The van der Waals surface area contributed by atoms with Gasteiger partial charge in [0.2, 0.25) is 0 Å². The van der Waals surface area contributed by atoms with Crippen molar-refractivity contribution in [1.82, 2.24) is 54.1 Å². The van der Waals surface area contributed by atoms with E-state index in [0.29, 0.717) is 65.4 Å². The van der Waals surface area contributed by atoms with Gasteiger partial charge in [-0.25, -0.2) is 24.3 Å². The Morgan fingerprint density at radius 1 is 0.963 bits per heavy atom. The van der Waals surface area contributed by atoms with Crippen LogP contribution in [0.1, 0.15) is 28.1 Å². The third-order valence-electron chi connectivity index (χ3n) is 8.89. The fraction of sp³-hybridized carbons (Fsp3) is 0.278. The van der Waals surface area contributed by atoms with E-state index >= 15 is 0 Å². The molecule has 0 aliphatic rings. The van der Waals surface area contributed by atoms with Gasteiger partial charge in [0.05, 0.1) is 43.8 Å². The van der Waals surface area contributed by atoms with Crippen LogP contribution >= 0.6 is 34.7 Å². The van der Waals surface area contributed by atoms with Crippen molar-refractivity contribution in [2.75, 3.05) is 31.3 Å². The maximum atomic E-state index is 13.5. The molecule has 8 aromatic rings. The van der Waals surface area contributed by atoms with E-state index in [-0.39, 0.29) is 5.56 Å². The molecule has 6 heterocycles. The van der Waals surface area contributed by atoms with E-state index in [0.717, 1.165) is 61.8 Å². The lowest BCUT2D eigenvalue weighted by atomic mass is 10.2. The molecule has 6 aromatic heterocycles. The first-order valence-electron chi connectivity index (χ1n) is 17.3. The number of ether oxygens (including phenoxy) is 1. The summed E-state index contributed by atoms with van der Waals surface area (Å²) in [5, 5.41) is 24.1. The number of nitrogens with zero attached hydrogens (tertiary/aromatic N) is 11. The molecule has 0 bridgehead atoms. The van der Waals surface area contributed by atoms with Crippen LogP contribution in [0, 0.1) is 0 Å². The number of hydrogen-bond donors (Lipinski definition) is 2. The molecule has 0 saturated carbocycles. The van der Waals surface area contributed by atoms with Crippen molar-refractivity contribution in [2.24, 2.45) is 12.8 Å². The van der Waals surface area contributed by atoms with Crippen molar-refractivity contribution in [3.63, 3.8) is 0 Å². The summed E-state index contributed by atoms with van der Waals surface area (Å²) >= 11 is 9.23. The average molecular weight is 782 g/mol. The van der Waals surface area contributed by atoms with Gasteiger partial charge in [-0.2, -0.15) is 10.2 Å². The van der Waals surface area contributed by atoms with Crippen molar-refractivity contribution >= 4 is 72.9 Å². The smallest absolute Gasteiger partial charge is 0.291 e. The van der Waals surface area contributed by atoms with E-state index in [9.17, 15) is 4.79 Å². The van der Waals surface area contributed by atoms with E-state index in [1.54, 1.807) is 41.1 Å². The van der Waals surface area contributed by atoms with E-state index < -0.39 is 0 Å². The Morgan fingerprint density at radius 2 is 1.81 bits per heavy atom. The molecule has 0 unspecified atom stereocenters. The van der Waals surface area contributed by atoms with Crippen LogP contribution in [0.4, 0.5) is 5.82 Å². The molecule has 15 nitrogen and oxygen atoms in total. The van der Waals surface area contributed by atoms with Gasteiger partial charge in [-0.15, -0.1) is 16.4 Å². The SMILES string of the molecule is COc1cccc(Cn2ncc3c4sc(Cn5cc(CCCSc6nc(NCCN)c7nnn(Cc8ccc(Cl)cc8)c7n6)cn5)nc4n(C)c3c2=O)c1. The van der Waals surface area contributed by atoms with Crippen molar-refractivity contribution in [2.45, 2.75) is 37.6 Å². The molecular weight excluding hydrogens is 746 g/mol. The molecular formula is C36H36ClN13O2S2. The molecule has 0 amide bonds. The summed E-state index contributed by atoms with van der Waals surface area (Å²) in [5.41, 5.74) is 11.3. The summed E-state index contributed by atoms with van der Waals surface area (Å²) in [5.74, 6) is 2.17. The summed E-state index contributed by atoms with van der Waals surface area (Å²) < 4.78 is 13.3. The highest BCUT2D eigenvalue weighted by Gasteiger charge is 2.19. The summed E-state index contributed by atoms with van der Waals surface area (Å²) in [6, 6.07) is 15.3. The molecule has 2 aromatic carbocycles. The third kappa shape index (κ3) is 7.39. The van der Waals surface area contributed by atoms with Crippen LogP contribution in [0.25, 0.3) is 32.4 Å². The van der Waals surface area contributed by atoms with Crippen molar-refractivity contribution in [1.29, 1.82) is 0 Å². The van der Waals surface area contributed by atoms with Gasteiger partial charge in [-0.1, -0.05) is 52.8 Å². The maximum Gasteiger partial charge on any atom is 0.291 e. The molecule has 0 fully saturated rings. The largest absolute Gasteiger partial charge is 0.497 e. The van der Waals surface area contributed by atoms with Crippen LogP contribution in [0.2, 0.25) is 5.02 Å². The number of methoxy groups -OCH3 is 1. The molecule has 0 aliphatic carbocycles. The van der Waals surface area contributed by atoms with Gasteiger partial charge in [-0.3, -0.25) is 9.48 Å². The summed E-state index contributed by atoms with van der Waals surface area (Å²) in [6.45, 7) is 2.40. The number of aromatic nitrogens is 11. The van der Waals surface area contributed by atoms with Crippen molar-refractivity contribution in [3.8, 4) is 5.75 Å². The Balaban J connectivity index is 0.910. The maximum absolute atomic E-state index is 13.5. The predicted molar refractivity (Wildman–Crippen MR) is 212 cm³/mol. The topological polar surface area (TPSA) is 174 Å². The van der Waals surface area contributed by atoms with E-state index in [1.165, 1.54) is 4.68 Å². The zero-order valence-electron chi connectivity index (χ0n) is 29.5. The Kier molecular flexibility index (Phi) is 10.3. The van der Waals surface area contributed by atoms with Crippen LogP contribution in [0.3, 0.4) is 0 Å². The van der Waals surface area contributed by atoms with Crippen LogP contribution in [-0.2, 0) is 33.1 Å². The first kappa shape index (κ1) is 35.7. The van der Waals surface area contributed by atoms with Gasteiger partial charge in [-0.05, 0) is 53.8 Å². The molecule has 54 heavy (non-hydrogen) atoms. The monoisotopic (exact) mass is 781 g/mol. The number of thiazole rings is 1. The summed E-state index contributed by atoms with van der Waals surface area (Å²) in [4.78, 5) is 28.0. The van der Waals surface area contributed by atoms with Crippen LogP contribution in [0.15, 0.2) is 77.1 Å². The number of rotatable bonds is 15. The second-order valence-corrected chi connectivity index (χ2v) is 15.2. The van der Waals surface area contributed by atoms with E-state index in [2.05, 4.69) is 32.0 Å². The van der Waals surface area contributed by atoms with Crippen LogP contribution in [0.5, 0.6) is 5.75 Å². The van der Waals surface area contributed by atoms with E-state index in [4.69, 9.17) is 37.0 Å². The van der Waals surface area contributed by atoms with Crippen LogP contribution < -0.4 is 21.3 Å². The molecule has 0 aliphatic heterocycles. The summed E-state index contributed by atoms with van der Waals surface area (Å²) in [7, 11) is 3.50. The van der Waals surface area contributed by atoms with E-state index in [1.807, 2.05) is 71.0 Å². The number of anilines is 1. The van der Waals surface area contributed by atoms with Gasteiger partial charge in [0.1, 0.15) is 16.3 Å². The molecule has 0 saturated heterocycles. The zero-order chi connectivity index (χ0) is 37.2. The number of hydrogen-bond acceptors (Lipinski definition) is 13. The Morgan fingerprint density at radius 3 is 2.65 bits per heavy atom. The van der Waals surface area contributed by atoms with Gasteiger partial charge in [0.25, 0.3) is 5.56 Å². The molecule has 276 valence electrons. The number of thioether (sulfide) groups is 1. The second-order valence-electron chi connectivity index (χ2n) is 12.7. The highest BCUT2D eigenvalue weighted by Crippen LogP contribution is 2.31. The van der Waals surface area contributed by atoms with Crippen LogP contribution in [-0.4, -0.2) is 80.0 Å². The minimum atomic E-state index is -0.159. The molecule has 3 N–H and O–H groups in total.